The lowest BCUT2D eigenvalue weighted by atomic mass is 10.2. The molecule has 0 spiro atoms. The summed E-state index contributed by atoms with van der Waals surface area (Å²) < 4.78 is 0. The number of hydrogen-bond acceptors (Lipinski definition) is 1. The van der Waals surface area contributed by atoms with Crippen LogP contribution in [0.4, 0.5) is 5.69 Å². The second kappa shape index (κ2) is 5.74. The molecule has 0 heterocycles. The normalized spacial score (nSPS) is 10.1. The number of para-hydroxylation sites is 1. The van der Waals surface area contributed by atoms with Crippen LogP contribution in [-0.4, -0.2) is 20.5 Å². The smallest absolute Gasteiger partial charge is 0.0814 e. The fourth-order valence-corrected chi connectivity index (χ4v) is 1.79. The summed E-state index contributed by atoms with van der Waals surface area (Å²) >= 11 is 0. The van der Waals surface area contributed by atoms with Gasteiger partial charge < -0.3 is 4.90 Å². The average molecular weight is 191 g/mol. The zero-order valence-corrected chi connectivity index (χ0v) is 8.99. The van der Waals surface area contributed by atoms with Crippen LogP contribution in [0.3, 0.4) is 0 Å². The Morgan fingerprint density at radius 1 is 0.857 bits per heavy atom. The standard InChI is InChI=1S/C12H19N.BH3/c1-10(2)13(11(3)4)12-8-6-5-7-9-12;/h5-11H,1-4H3;1H3. The highest BCUT2D eigenvalue weighted by Crippen LogP contribution is 2.18. The zero-order chi connectivity index (χ0) is 9.84. The molecule has 0 N–H and O–H groups in total. The molecule has 0 aliphatic carbocycles. The van der Waals surface area contributed by atoms with Crippen molar-refractivity contribution < 1.29 is 0 Å². The summed E-state index contributed by atoms with van der Waals surface area (Å²) in [6.45, 7) is 8.92. The van der Waals surface area contributed by atoms with E-state index in [4.69, 9.17) is 0 Å². The number of hydrogen-bond donors (Lipinski definition) is 0. The quantitative estimate of drug-likeness (QED) is 0.661. The third kappa shape index (κ3) is 3.10. The van der Waals surface area contributed by atoms with E-state index in [9.17, 15) is 0 Å². The van der Waals surface area contributed by atoms with Crippen LogP contribution >= 0.6 is 0 Å². The van der Waals surface area contributed by atoms with Crippen LogP contribution < -0.4 is 4.90 Å². The SMILES string of the molecule is B.CC(C)N(c1ccccc1)C(C)C. The molecule has 1 aromatic rings. The molecule has 0 aliphatic rings. The lowest BCUT2D eigenvalue weighted by Crippen LogP contribution is -2.36. The molecule has 1 rings (SSSR count). The minimum atomic E-state index is 0. The molecule has 0 amide bonds. The summed E-state index contributed by atoms with van der Waals surface area (Å²) in [6, 6.07) is 11.7. The molecule has 0 radical (unpaired) electrons. The number of rotatable bonds is 3. The van der Waals surface area contributed by atoms with Crippen LogP contribution in [-0.2, 0) is 0 Å². The molecule has 0 aromatic heterocycles. The molecular formula is C12H22BN. The molecular weight excluding hydrogens is 169 g/mol. The molecule has 0 saturated heterocycles. The Hall–Kier alpha value is -0.915. The zero-order valence-electron chi connectivity index (χ0n) is 8.99. The first-order chi connectivity index (χ1) is 6.13. The summed E-state index contributed by atoms with van der Waals surface area (Å²) in [4.78, 5) is 2.42. The first-order valence-corrected chi connectivity index (χ1v) is 4.96. The van der Waals surface area contributed by atoms with Crippen molar-refractivity contribution in [3.63, 3.8) is 0 Å². The summed E-state index contributed by atoms with van der Waals surface area (Å²) in [5, 5.41) is 0. The van der Waals surface area contributed by atoms with Crippen molar-refractivity contribution in [2.75, 3.05) is 4.90 Å². The van der Waals surface area contributed by atoms with Gasteiger partial charge in [-0.3, -0.25) is 0 Å². The van der Waals surface area contributed by atoms with Crippen molar-refractivity contribution >= 4 is 14.1 Å². The van der Waals surface area contributed by atoms with Crippen LogP contribution in [0.5, 0.6) is 0 Å². The molecule has 14 heavy (non-hydrogen) atoms. The third-order valence-corrected chi connectivity index (χ3v) is 2.17. The van der Waals surface area contributed by atoms with Gasteiger partial charge >= 0.3 is 0 Å². The Bertz CT molecular complexity index is 236. The minimum absolute atomic E-state index is 0. The van der Waals surface area contributed by atoms with Gasteiger partial charge in [-0.05, 0) is 39.8 Å². The van der Waals surface area contributed by atoms with Gasteiger partial charge in [0.2, 0.25) is 0 Å². The van der Waals surface area contributed by atoms with Crippen LogP contribution in [0.25, 0.3) is 0 Å². The van der Waals surface area contributed by atoms with Gasteiger partial charge in [0.25, 0.3) is 0 Å². The first kappa shape index (κ1) is 13.1. The molecule has 2 heteroatoms. The molecule has 0 fully saturated rings. The van der Waals surface area contributed by atoms with Crippen LogP contribution in [0.15, 0.2) is 30.3 Å². The van der Waals surface area contributed by atoms with E-state index in [1.807, 2.05) is 0 Å². The van der Waals surface area contributed by atoms with Crippen molar-refractivity contribution in [2.45, 2.75) is 39.8 Å². The van der Waals surface area contributed by atoms with E-state index in [-0.39, 0.29) is 8.41 Å². The fourth-order valence-electron chi connectivity index (χ4n) is 1.79. The van der Waals surface area contributed by atoms with Crippen molar-refractivity contribution in [3.8, 4) is 0 Å². The molecule has 0 aliphatic heterocycles. The van der Waals surface area contributed by atoms with Crippen molar-refractivity contribution in [1.82, 2.24) is 0 Å². The number of anilines is 1. The highest BCUT2D eigenvalue weighted by atomic mass is 15.2. The highest BCUT2D eigenvalue weighted by Gasteiger charge is 2.12. The molecule has 0 unspecified atom stereocenters. The highest BCUT2D eigenvalue weighted by molar-refractivity contribution is 5.75. The van der Waals surface area contributed by atoms with E-state index in [0.717, 1.165) is 0 Å². The second-order valence-corrected chi connectivity index (χ2v) is 3.93. The van der Waals surface area contributed by atoms with Gasteiger partial charge in [0.15, 0.2) is 0 Å². The minimum Gasteiger partial charge on any atom is -0.367 e. The fraction of sp³-hybridized carbons (Fsp3) is 0.500. The number of nitrogens with zero attached hydrogens (tertiary/aromatic N) is 1. The Balaban J connectivity index is 0.00000169. The Morgan fingerprint density at radius 3 is 1.64 bits per heavy atom. The maximum absolute atomic E-state index is 2.42. The Labute approximate surface area is 89.7 Å². The van der Waals surface area contributed by atoms with Crippen molar-refractivity contribution in [1.29, 1.82) is 0 Å². The lowest BCUT2D eigenvalue weighted by Gasteiger charge is -2.33. The maximum Gasteiger partial charge on any atom is 0.0814 e. The van der Waals surface area contributed by atoms with Gasteiger partial charge in [0.1, 0.15) is 0 Å². The second-order valence-electron chi connectivity index (χ2n) is 3.93. The summed E-state index contributed by atoms with van der Waals surface area (Å²) in [6.07, 6.45) is 0. The molecule has 1 nitrogen and oxygen atoms in total. The average Bonchev–Trinajstić information content (AvgIpc) is 2.04. The van der Waals surface area contributed by atoms with Gasteiger partial charge in [0, 0.05) is 17.8 Å². The van der Waals surface area contributed by atoms with Crippen LogP contribution in [0, 0.1) is 0 Å². The largest absolute Gasteiger partial charge is 0.367 e. The van der Waals surface area contributed by atoms with Crippen molar-refractivity contribution in [3.05, 3.63) is 30.3 Å². The van der Waals surface area contributed by atoms with E-state index in [0.29, 0.717) is 12.1 Å². The summed E-state index contributed by atoms with van der Waals surface area (Å²) in [5.41, 5.74) is 1.31. The topological polar surface area (TPSA) is 3.24 Å². The maximum atomic E-state index is 2.42. The van der Waals surface area contributed by atoms with E-state index >= 15 is 0 Å². The summed E-state index contributed by atoms with van der Waals surface area (Å²) in [5.74, 6) is 0. The van der Waals surface area contributed by atoms with Gasteiger partial charge in [-0.2, -0.15) is 0 Å². The van der Waals surface area contributed by atoms with Gasteiger partial charge in [-0.15, -0.1) is 0 Å². The number of benzene rings is 1. The van der Waals surface area contributed by atoms with Crippen molar-refractivity contribution in [2.24, 2.45) is 0 Å². The Kier molecular flexibility index (Phi) is 5.36. The van der Waals surface area contributed by atoms with Crippen LogP contribution in [0.1, 0.15) is 27.7 Å². The monoisotopic (exact) mass is 191 g/mol. The van der Waals surface area contributed by atoms with E-state index < -0.39 is 0 Å². The lowest BCUT2D eigenvalue weighted by molar-refractivity contribution is 0.608. The first-order valence-electron chi connectivity index (χ1n) is 4.96. The summed E-state index contributed by atoms with van der Waals surface area (Å²) in [7, 11) is 0. The van der Waals surface area contributed by atoms with Crippen LogP contribution in [0.2, 0.25) is 0 Å². The predicted molar refractivity (Wildman–Crippen MR) is 69.1 cm³/mol. The van der Waals surface area contributed by atoms with E-state index in [1.165, 1.54) is 5.69 Å². The van der Waals surface area contributed by atoms with E-state index in [1.54, 1.807) is 0 Å². The third-order valence-electron chi connectivity index (χ3n) is 2.17. The predicted octanol–water partition coefficient (Wildman–Crippen LogP) is 2.13. The van der Waals surface area contributed by atoms with Gasteiger partial charge in [0.05, 0.1) is 8.41 Å². The van der Waals surface area contributed by atoms with E-state index in [2.05, 4.69) is 62.9 Å². The molecule has 0 bridgehead atoms. The Morgan fingerprint density at radius 2 is 1.29 bits per heavy atom. The molecule has 78 valence electrons. The van der Waals surface area contributed by atoms with Gasteiger partial charge in [-0.1, -0.05) is 18.2 Å². The molecule has 0 saturated carbocycles. The molecule has 0 atom stereocenters. The van der Waals surface area contributed by atoms with Gasteiger partial charge in [-0.25, -0.2) is 0 Å². The molecule has 1 aromatic carbocycles.